The van der Waals surface area contributed by atoms with Crippen molar-refractivity contribution in [2.45, 2.75) is 0 Å². The second kappa shape index (κ2) is 14.1. The zero-order valence-electron chi connectivity index (χ0n) is 31.7. The lowest BCUT2D eigenvalue weighted by Crippen LogP contribution is -2.12. The molecule has 0 fully saturated rings. The van der Waals surface area contributed by atoms with Crippen LogP contribution in [0.15, 0.2) is 229 Å². The fourth-order valence-electron chi connectivity index (χ4n) is 8.76. The first-order valence-electron chi connectivity index (χ1n) is 19.8. The van der Waals surface area contributed by atoms with Crippen LogP contribution in [0.1, 0.15) is 0 Å². The average Bonchev–Trinajstić information content (AvgIpc) is 3.70. The van der Waals surface area contributed by atoms with E-state index in [0.29, 0.717) is 0 Å². The molecule has 1 heterocycles. The number of benzene rings is 10. The number of rotatable bonds is 7. The largest absolute Gasteiger partial charge is 0.455 e. The van der Waals surface area contributed by atoms with Crippen LogP contribution >= 0.6 is 0 Å². The summed E-state index contributed by atoms with van der Waals surface area (Å²) in [7, 11) is 0. The van der Waals surface area contributed by atoms with E-state index in [4.69, 9.17) is 4.42 Å². The average molecular weight is 740 g/mol. The summed E-state index contributed by atoms with van der Waals surface area (Å²) in [4.78, 5) is 2.42. The molecule has 0 aliphatic heterocycles. The number of hydrogen-bond donors (Lipinski definition) is 0. The molecule has 0 aliphatic carbocycles. The monoisotopic (exact) mass is 739 g/mol. The van der Waals surface area contributed by atoms with Gasteiger partial charge in [0.2, 0.25) is 0 Å². The lowest BCUT2D eigenvalue weighted by Gasteiger charge is -2.30. The van der Waals surface area contributed by atoms with Crippen LogP contribution in [0.5, 0.6) is 0 Å². The molecule has 0 N–H and O–H groups in total. The van der Waals surface area contributed by atoms with Gasteiger partial charge in [0, 0.05) is 33.2 Å². The molecule has 1 aromatic heterocycles. The van der Waals surface area contributed by atoms with Crippen molar-refractivity contribution < 1.29 is 4.42 Å². The van der Waals surface area contributed by atoms with Crippen LogP contribution in [-0.2, 0) is 0 Å². The van der Waals surface area contributed by atoms with E-state index in [9.17, 15) is 0 Å². The standard InChI is InChI=1S/C56H37NO/c1-2-15-40(16-3-1)46-23-8-10-29-52(46)57(53-30-11-9-25-50(53)49-27-13-19-39-17-4-6-22-45(39)49)44-34-31-38(32-35-44)42-20-12-21-43(37-42)48-26-14-28-51-55-47-24-7-5-18-41(47)33-36-54(55)58-56(48)51/h1-37H. The Kier molecular flexibility index (Phi) is 8.19. The zero-order chi connectivity index (χ0) is 38.4. The summed E-state index contributed by atoms with van der Waals surface area (Å²) in [6, 6.07) is 80.6. The van der Waals surface area contributed by atoms with Crippen LogP contribution in [0.2, 0.25) is 0 Å². The van der Waals surface area contributed by atoms with E-state index in [1.807, 2.05) is 0 Å². The number of para-hydroxylation sites is 3. The molecule has 11 aromatic rings. The first-order valence-corrected chi connectivity index (χ1v) is 19.8. The predicted octanol–water partition coefficient (Wildman–Crippen LogP) is 16.0. The van der Waals surface area contributed by atoms with Crippen molar-refractivity contribution in [3.8, 4) is 44.5 Å². The van der Waals surface area contributed by atoms with Crippen LogP contribution in [0.3, 0.4) is 0 Å². The predicted molar refractivity (Wildman–Crippen MR) is 245 cm³/mol. The smallest absolute Gasteiger partial charge is 0.143 e. The van der Waals surface area contributed by atoms with E-state index >= 15 is 0 Å². The number of nitrogens with zero attached hydrogens (tertiary/aromatic N) is 1. The van der Waals surface area contributed by atoms with Gasteiger partial charge >= 0.3 is 0 Å². The van der Waals surface area contributed by atoms with Gasteiger partial charge in [0.25, 0.3) is 0 Å². The molecule has 2 nitrogen and oxygen atoms in total. The number of hydrogen-bond acceptors (Lipinski definition) is 2. The minimum absolute atomic E-state index is 0.910. The van der Waals surface area contributed by atoms with Gasteiger partial charge in [-0.05, 0) is 85.8 Å². The second-order valence-electron chi connectivity index (χ2n) is 14.8. The highest BCUT2D eigenvalue weighted by Crippen LogP contribution is 2.46. The molecule has 11 rings (SSSR count). The van der Waals surface area contributed by atoms with Crippen LogP contribution in [0, 0.1) is 0 Å². The van der Waals surface area contributed by atoms with Crippen LogP contribution in [-0.4, -0.2) is 0 Å². The summed E-state index contributed by atoms with van der Waals surface area (Å²) < 4.78 is 6.62. The maximum absolute atomic E-state index is 6.62. The van der Waals surface area contributed by atoms with Gasteiger partial charge in [0.15, 0.2) is 0 Å². The van der Waals surface area contributed by atoms with Crippen molar-refractivity contribution in [2.24, 2.45) is 0 Å². The Morgan fingerprint density at radius 3 is 1.69 bits per heavy atom. The Morgan fingerprint density at radius 1 is 0.310 bits per heavy atom. The highest BCUT2D eigenvalue weighted by molar-refractivity contribution is 6.20. The zero-order valence-corrected chi connectivity index (χ0v) is 31.7. The first kappa shape index (κ1) is 33.6. The molecule has 0 radical (unpaired) electrons. The normalized spacial score (nSPS) is 11.4. The van der Waals surface area contributed by atoms with Gasteiger partial charge in [-0.2, -0.15) is 0 Å². The molecular formula is C56H37NO. The van der Waals surface area contributed by atoms with Gasteiger partial charge in [-0.25, -0.2) is 0 Å². The molecular weight excluding hydrogens is 703 g/mol. The third-order valence-electron chi connectivity index (χ3n) is 11.5. The highest BCUT2D eigenvalue weighted by atomic mass is 16.3. The number of furan rings is 1. The Balaban J connectivity index is 1.04. The van der Waals surface area contributed by atoms with E-state index in [2.05, 4.69) is 229 Å². The van der Waals surface area contributed by atoms with Gasteiger partial charge in [-0.15, -0.1) is 0 Å². The first-order chi connectivity index (χ1) is 28.8. The van der Waals surface area contributed by atoms with Crippen molar-refractivity contribution >= 4 is 60.5 Å². The fourth-order valence-corrected chi connectivity index (χ4v) is 8.76. The summed E-state index contributed by atoms with van der Waals surface area (Å²) in [6.45, 7) is 0. The van der Waals surface area contributed by atoms with Gasteiger partial charge < -0.3 is 9.32 Å². The topological polar surface area (TPSA) is 16.4 Å². The van der Waals surface area contributed by atoms with Gasteiger partial charge in [0.1, 0.15) is 11.2 Å². The Bertz CT molecular complexity index is 3280. The Morgan fingerprint density at radius 2 is 0.862 bits per heavy atom. The molecule has 0 amide bonds. The molecule has 0 unspecified atom stereocenters. The molecule has 272 valence electrons. The van der Waals surface area contributed by atoms with Crippen molar-refractivity contribution in [1.29, 1.82) is 0 Å². The lowest BCUT2D eigenvalue weighted by atomic mass is 9.95. The molecule has 0 atom stereocenters. The number of anilines is 3. The van der Waals surface area contributed by atoms with E-state index in [0.717, 1.165) is 55.9 Å². The summed E-state index contributed by atoms with van der Waals surface area (Å²) in [5.74, 6) is 0. The third-order valence-corrected chi connectivity index (χ3v) is 11.5. The van der Waals surface area contributed by atoms with E-state index in [1.54, 1.807) is 0 Å². The molecule has 0 saturated carbocycles. The van der Waals surface area contributed by atoms with Crippen molar-refractivity contribution in [3.63, 3.8) is 0 Å². The maximum Gasteiger partial charge on any atom is 0.143 e. The summed E-state index contributed by atoms with van der Waals surface area (Å²) in [6.07, 6.45) is 0. The minimum atomic E-state index is 0.910. The fraction of sp³-hybridized carbons (Fsp3) is 0. The lowest BCUT2D eigenvalue weighted by molar-refractivity contribution is 0.670. The van der Waals surface area contributed by atoms with Gasteiger partial charge in [-0.1, -0.05) is 188 Å². The van der Waals surface area contributed by atoms with Crippen LogP contribution in [0.25, 0.3) is 88.0 Å². The molecule has 0 bridgehead atoms. The number of fused-ring (bicyclic) bond motifs is 6. The molecule has 2 heteroatoms. The van der Waals surface area contributed by atoms with E-state index in [-0.39, 0.29) is 0 Å². The maximum atomic E-state index is 6.62. The molecule has 10 aromatic carbocycles. The quantitative estimate of drug-likeness (QED) is 0.162. The van der Waals surface area contributed by atoms with Crippen LogP contribution in [0.4, 0.5) is 17.1 Å². The van der Waals surface area contributed by atoms with Gasteiger partial charge in [-0.3, -0.25) is 0 Å². The SMILES string of the molecule is c1ccc(-c2ccccc2N(c2ccc(-c3cccc(-c4cccc5c4oc4ccc6ccccc6c45)c3)cc2)c2ccccc2-c2cccc3ccccc23)cc1. The van der Waals surface area contributed by atoms with Crippen molar-refractivity contribution in [3.05, 3.63) is 224 Å². The summed E-state index contributed by atoms with van der Waals surface area (Å²) in [5.41, 5.74) is 14.4. The second-order valence-corrected chi connectivity index (χ2v) is 14.8. The van der Waals surface area contributed by atoms with E-state index < -0.39 is 0 Å². The van der Waals surface area contributed by atoms with Crippen molar-refractivity contribution in [2.75, 3.05) is 4.90 Å². The molecule has 58 heavy (non-hydrogen) atoms. The van der Waals surface area contributed by atoms with Gasteiger partial charge in [0.05, 0.1) is 11.4 Å². The Hall–Kier alpha value is -7.68. The van der Waals surface area contributed by atoms with Crippen molar-refractivity contribution in [1.82, 2.24) is 0 Å². The molecule has 0 spiro atoms. The third kappa shape index (κ3) is 5.74. The van der Waals surface area contributed by atoms with Crippen LogP contribution < -0.4 is 4.90 Å². The van der Waals surface area contributed by atoms with E-state index in [1.165, 1.54) is 49.2 Å². The molecule has 0 aliphatic rings. The summed E-state index contributed by atoms with van der Waals surface area (Å²) >= 11 is 0. The molecule has 0 saturated heterocycles. The minimum Gasteiger partial charge on any atom is -0.455 e. The summed E-state index contributed by atoms with van der Waals surface area (Å²) in [5, 5.41) is 7.19. The Labute approximate surface area is 337 Å². The highest BCUT2D eigenvalue weighted by Gasteiger charge is 2.21.